The highest BCUT2D eigenvalue weighted by Crippen LogP contribution is 2.14. The second-order valence-corrected chi connectivity index (χ2v) is 4.63. The molecule has 0 spiro atoms. The summed E-state index contributed by atoms with van der Waals surface area (Å²) in [6.07, 6.45) is 5.01. The summed E-state index contributed by atoms with van der Waals surface area (Å²) in [6.45, 7) is 4.48. The predicted octanol–water partition coefficient (Wildman–Crippen LogP) is 2.80. The van der Waals surface area contributed by atoms with E-state index >= 15 is 0 Å². The Morgan fingerprint density at radius 1 is 1.31 bits per heavy atom. The largest absolute Gasteiger partial charge is 0.381 e. The predicted molar refractivity (Wildman–Crippen MR) is 70.0 cm³/mol. The molecule has 0 amide bonds. The lowest BCUT2D eigenvalue weighted by atomic mass is 10.1. The van der Waals surface area contributed by atoms with Crippen molar-refractivity contribution >= 4 is 5.69 Å². The van der Waals surface area contributed by atoms with Crippen LogP contribution in [-0.4, -0.2) is 19.1 Å². The van der Waals surface area contributed by atoms with Crippen LogP contribution in [0.3, 0.4) is 0 Å². The summed E-state index contributed by atoms with van der Waals surface area (Å²) in [5.74, 6) is 0. The molecule has 1 atom stereocenters. The summed E-state index contributed by atoms with van der Waals surface area (Å²) in [4.78, 5) is 0. The number of hydrogen-bond donors (Lipinski definition) is 2. The van der Waals surface area contributed by atoms with E-state index < -0.39 is 0 Å². The topological polar surface area (TPSA) is 24.1 Å². The first-order valence-electron chi connectivity index (χ1n) is 6.44. The van der Waals surface area contributed by atoms with Crippen molar-refractivity contribution in [1.29, 1.82) is 0 Å². The van der Waals surface area contributed by atoms with Gasteiger partial charge in [0.1, 0.15) is 0 Å². The molecule has 0 aliphatic carbocycles. The monoisotopic (exact) mass is 218 g/mol. The molecule has 2 N–H and O–H groups in total. The van der Waals surface area contributed by atoms with Crippen LogP contribution in [0.25, 0.3) is 0 Å². The van der Waals surface area contributed by atoms with E-state index in [1.165, 1.54) is 36.9 Å². The molecular formula is C14H22N2. The Morgan fingerprint density at radius 2 is 2.12 bits per heavy atom. The first-order chi connectivity index (χ1) is 7.88. The van der Waals surface area contributed by atoms with Crippen LogP contribution in [0, 0.1) is 0 Å². The Balaban J connectivity index is 1.86. The average Bonchev–Trinajstić information content (AvgIpc) is 2.81. The lowest BCUT2D eigenvalue weighted by Crippen LogP contribution is -2.21. The molecule has 88 valence electrons. The van der Waals surface area contributed by atoms with Crippen molar-refractivity contribution < 1.29 is 0 Å². The van der Waals surface area contributed by atoms with Crippen LogP contribution in [-0.2, 0) is 6.42 Å². The van der Waals surface area contributed by atoms with Gasteiger partial charge in [0, 0.05) is 18.3 Å². The summed E-state index contributed by atoms with van der Waals surface area (Å²) in [5.41, 5.74) is 2.71. The van der Waals surface area contributed by atoms with Gasteiger partial charge in [0.05, 0.1) is 0 Å². The minimum atomic E-state index is 0.612. The summed E-state index contributed by atoms with van der Waals surface area (Å²) < 4.78 is 0. The number of unbranched alkanes of at least 4 members (excludes halogenated alkanes) is 1. The fourth-order valence-corrected chi connectivity index (χ4v) is 2.16. The Bertz CT molecular complexity index is 299. The zero-order valence-corrected chi connectivity index (χ0v) is 10.1. The molecule has 0 bridgehead atoms. The van der Waals surface area contributed by atoms with Gasteiger partial charge in [-0.2, -0.15) is 0 Å². The van der Waals surface area contributed by atoms with Crippen LogP contribution < -0.4 is 10.6 Å². The van der Waals surface area contributed by atoms with E-state index in [1.54, 1.807) is 0 Å². The highest BCUT2D eigenvalue weighted by atomic mass is 15.0. The summed E-state index contributed by atoms with van der Waals surface area (Å²) >= 11 is 0. The lowest BCUT2D eigenvalue weighted by molar-refractivity contribution is 0.789. The maximum Gasteiger partial charge on any atom is 0.0398 e. The molecule has 2 rings (SSSR count). The molecular weight excluding hydrogens is 196 g/mol. The molecule has 1 aromatic rings. The fourth-order valence-electron chi connectivity index (χ4n) is 2.16. The molecule has 1 heterocycles. The molecule has 2 nitrogen and oxygen atoms in total. The number of rotatable bonds is 5. The van der Waals surface area contributed by atoms with Crippen LogP contribution in [0.4, 0.5) is 5.69 Å². The molecule has 1 fully saturated rings. The van der Waals surface area contributed by atoms with Gasteiger partial charge in [-0.15, -0.1) is 0 Å². The third-order valence-electron chi connectivity index (χ3n) is 3.20. The van der Waals surface area contributed by atoms with Crippen molar-refractivity contribution in [1.82, 2.24) is 5.32 Å². The maximum absolute atomic E-state index is 3.56. The molecule has 1 saturated heterocycles. The van der Waals surface area contributed by atoms with E-state index in [0.29, 0.717) is 6.04 Å². The lowest BCUT2D eigenvalue weighted by Gasteiger charge is -2.13. The van der Waals surface area contributed by atoms with Crippen LogP contribution in [0.5, 0.6) is 0 Å². The number of aryl methyl sites for hydroxylation is 1. The molecule has 0 radical (unpaired) electrons. The van der Waals surface area contributed by atoms with E-state index in [1.807, 2.05) is 0 Å². The van der Waals surface area contributed by atoms with Gasteiger partial charge >= 0.3 is 0 Å². The Morgan fingerprint density at radius 3 is 2.75 bits per heavy atom. The second-order valence-electron chi connectivity index (χ2n) is 4.63. The first-order valence-corrected chi connectivity index (χ1v) is 6.44. The SMILES string of the molecule is CCCCc1ccc(NC2CCNC2)cc1. The molecule has 1 aliphatic rings. The summed E-state index contributed by atoms with van der Waals surface area (Å²) in [7, 11) is 0. The van der Waals surface area contributed by atoms with Gasteiger partial charge in [0.2, 0.25) is 0 Å². The third-order valence-corrected chi connectivity index (χ3v) is 3.20. The van der Waals surface area contributed by atoms with Gasteiger partial charge in [-0.25, -0.2) is 0 Å². The van der Waals surface area contributed by atoms with Gasteiger partial charge in [0.25, 0.3) is 0 Å². The molecule has 16 heavy (non-hydrogen) atoms. The standard InChI is InChI=1S/C14H22N2/c1-2-3-4-12-5-7-13(8-6-12)16-14-9-10-15-11-14/h5-8,14-16H,2-4,9-11H2,1H3. The van der Waals surface area contributed by atoms with Crippen LogP contribution >= 0.6 is 0 Å². The number of anilines is 1. The van der Waals surface area contributed by atoms with Gasteiger partial charge in [-0.1, -0.05) is 25.5 Å². The highest BCUT2D eigenvalue weighted by Gasteiger charge is 2.13. The second kappa shape index (κ2) is 5.90. The summed E-state index contributed by atoms with van der Waals surface area (Å²) in [6, 6.07) is 9.54. The number of hydrogen-bond acceptors (Lipinski definition) is 2. The van der Waals surface area contributed by atoms with Crippen molar-refractivity contribution in [2.24, 2.45) is 0 Å². The minimum Gasteiger partial charge on any atom is -0.381 e. The van der Waals surface area contributed by atoms with Gasteiger partial charge in [0.15, 0.2) is 0 Å². The van der Waals surface area contributed by atoms with E-state index in [4.69, 9.17) is 0 Å². The van der Waals surface area contributed by atoms with Crippen molar-refractivity contribution in [2.75, 3.05) is 18.4 Å². The fraction of sp³-hybridized carbons (Fsp3) is 0.571. The minimum absolute atomic E-state index is 0.612. The summed E-state index contributed by atoms with van der Waals surface area (Å²) in [5, 5.41) is 6.93. The van der Waals surface area contributed by atoms with E-state index in [2.05, 4.69) is 41.8 Å². The van der Waals surface area contributed by atoms with E-state index in [-0.39, 0.29) is 0 Å². The van der Waals surface area contributed by atoms with Crippen LogP contribution in [0.15, 0.2) is 24.3 Å². The Kier molecular flexibility index (Phi) is 4.23. The third kappa shape index (κ3) is 3.24. The van der Waals surface area contributed by atoms with Gasteiger partial charge < -0.3 is 10.6 Å². The molecule has 1 aromatic carbocycles. The molecule has 1 unspecified atom stereocenters. The molecule has 1 aliphatic heterocycles. The smallest absolute Gasteiger partial charge is 0.0398 e. The Labute approximate surface area is 98.4 Å². The van der Waals surface area contributed by atoms with Crippen molar-refractivity contribution in [3.05, 3.63) is 29.8 Å². The van der Waals surface area contributed by atoms with Crippen LogP contribution in [0.1, 0.15) is 31.7 Å². The molecule has 2 heteroatoms. The average molecular weight is 218 g/mol. The van der Waals surface area contributed by atoms with Gasteiger partial charge in [-0.3, -0.25) is 0 Å². The highest BCUT2D eigenvalue weighted by molar-refractivity contribution is 5.45. The Hall–Kier alpha value is -1.02. The normalized spacial score (nSPS) is 19.9. The quantitative estimate of drug-likeness (QED) is 0.794. The first kappa shape index (κ1) is 11.5. The number of benzene rings is 1. The zero-order valence-electron chi connectivity index (χ0n) is 10.1. The van der Waals surface area contributed by atoms with Gasteiger partial charge in [-0.05, 0) is 43.5 Å². The number of nitrogens with one attached hydrogen (secondary N) is 2. The zero-order chi connectivity index (χ0) is 11.2. The maximum atomic E-state index is 3.56. The van der Waals surface area contributed by atoms with Crippen molar-refractivity contribution in [2.45, 2.75) is 38.6 Å². The van der Waals surface area contributed by atoms with Crippen molar-refractivity contribution in [3.63, 3.8) is 0 Å². The van der Waals surface area contributed by atoms with E-state index in [0.717, 1.165) is 13.1 Å². The van der Waals surface area contributed by atoms with E-state index in [9.17, 15) is 0 Å². The van der Waals surface area contributed by atoms with Crippen molar-refractivity contribution in [3.8, 4) is 0 Å². The van der Waals surface area contributed by atoms with Crippen LogP contribution in [0.2, 0.25) is 0 Å². The molecule has 0 saturated carbocycles. The molecule has 0 aromatic heterocycles.